The molecule has 0 radical (unpaired) electrons. The summed E-state index contributed by atoms with van der Waals surface area (Å²) < 4.78 is 43.1. The third-order valence-corrected chi connectivity index (χ3v) is 8.11. The van der Waals surface area contributed by atoms with Crippen molar-refractivity contribution in [1.82, 2.24) is 0 Å². The van der Waals surface area contributed by atoms with Crippen molar-refractivity contribution < 1.29 is 13.2 Å². The molecule has 0 N–H and O–H groups in total. The van der Waals surface area contributed by atoms with E-state index in [1.54, 1.807) is 6.07 Å². The molecule has 0 aliphatic heterocycles. The Balaban J connectivity index is 1.26. The molecular weight excluding hydrogens is 477 g/mol. The number of hydrogen-bond acceptors (Lipinski definition) is 0. The molecule has 0 unspecified atom stereocenters. The van der Waals surface area contributed by atoms with Crippen LogP contribution in [0.3, 0.4) is 0 Å². The third kappa shape index (κ3) is 7.16. The summed E-state index contributed by atoms with van der Waals surface area (Å²) in [6.45, 7) is 2.23. The summed E-state index contributed by atoms with van der Waals surface area (Å²) in [6, 6.07) is 16.6. The summed E-state index contributed by atoms with van der Waals surface area (Å²) >= 11 is 5.71. The highest BCUT2D eigenvalue weighted by Crippen LogP contribution is 2.37. The van der Waals surface area contributed by atoms with Crippen LogP contribution in [0.1, 0.15) is 85.6 Å². The fraction of sp³-hybridized carbons (Fsp3) is 0.438. The number of halogens is 4. The Kier molecular flexibility index (Phi) is 9.53. The molecule has 4 rings (SSSR count). The molecule has 1 aliphatic rings. The standard InChI is InChI=1S/C32H36ClF3/c1-2-3-4-22-7-13-26(14-8-22)27-15-9-23(10-16-27)5-6-25-20-30(34)28(31(35)21-25)17-11-24-12-18-29(33)32(36)19-24/h7-8,12-14,18-21,23,27H,2-6,9-11,15-17H2,1H3/t23-,27-. The van der Waals surface area contributed by atoms with Crippen LogP contribution >= 0.6 is 11.6 Å². The summed E-state index contributed by atoms with van der Waals surface area (Å²) in [7, 11) is 0. The second kappa shape index (κ2) is 12.8. The molecule has 1 saturated carbocycles. The molecule has 1 aliphatic carbocycles. The van der Waals surface area contributed by atoms with E-state index in [2.05, 4.69) is 31.2 Å². The Morgan fingerprint density at radius 1 is 0.694 bits per heavy atom. The van der Waals surface area contributed by atoms with Crippen LogP contribution in [-0.4, -0.2) is 0 Å². The Bertz CT molecular complexity index is 1110. The van der Waals surface area contributed by atoms with Gasteiger partial charge >= 0.3 is 0 Å². The zero-order chi connectivity index (χ0) is 25.5. The van der Waals surface area contributed by atoms with Gasteiger partial charge < -0.3 is 0 Å². The fourth-order valence-corrected chi connectivity index (χ4v) is 5.61. The Labute approximate surface area is 218 Å². The van der Waals surface area contributed by atoms with Gasteiger partial charge in [0.05, 0.1) is 5.02 Å². The summed E-state index contributed by atoms with van der Waals surface area (Å²) in [5, 5.41) is 0.0467. The number of rotatable bonds is 10. The molecule has 0 heterocycles. The molecule has 4 heteroatoms. The normalized spacial score (nSPS) is 17.9. The average Bonchev–Trinajstić information content (AvgIpc) is 2.88. The summed E-state index contributed by atoms with van der Waals surface area (Å²) in [4.78, 5) is 0. The largest absolute Gasteiger partial charge is 0.207 e. The van der Waals surface area contributed by atoms with Gasteiger partial charge in [-0.05, 0) is 123 Å². The van der Waals surface area contributed by atoms with Gasteiger partial charge in [0.15, 0.2) is 0 Å². The molecular formula is C32H36ClF3. The molecule has 3 aromatic carbocycles. The smallest absolute Gasteiger partial charge is 0.142 e. The molecule has 3 aromatic rings. The minimum absolute atomic E-state index is 0.0467. The maximum atomic E-state index is 14.7. The summed E-state index contributed by atoms with van der Waals surface area (Å²) in [6.07, 6.45) is 10.5. The van der Waals surface area contributed by atoms with Crippen LogP contribution in [0, 0.1) is 23.4 Å². The van der Waals surface area contributed by atoms with E-state index in [0.29, 0.717) is 30.2 Å². The van der Waals surface area contributed by atoms with Crippen molar-refractivity contribution in [2.24, 2.45) is 5.92 Å². The van der Waals surface area contributed by atoms with Crippen LogP contribution in [-0.2, 0) is 25.7 Å². The van der Waals surface area contributed by atoms with Gasteiger partial charge in [-0.15, -0.1) is 0 Å². The summed E-state index contributed by atoms with van der Waals surface area (Å²) in [5.41, 5.74) is 4.34. The van der Waals surface area contributed by atoms with E-state index in [1.807, 2.05) is 0 Å². The second-order valence-corrected chi connectivity index (χ2v) is 10.8. The first-order chi connectivity index (χ1) is 17.4. The van der Waals surface area contributed by atoms with Crippen LogP contribution in [0.2, 0.25) is 5.02 Å². The molecule has 0 saturated heterocycles. The van der Waals surface area contributed by atoms with Crippen molar-refractivity contribution in [3.8, 4) is 0 Å². The quantitative estimate of drug-likeness (QED) is 0.253. The Morgan fingerprint density at radius 3 is 1.97 bits per heavy atom. The van der Waals surface area contributed by atoms with E-state index >= 15 is 0 Å². The van der Waals surface area contributed by atoms with Gasteiger partial charge in [0.1, 0.15) is 17.5 Å². The predicted octanol–water partition coefficient (Wildman–Crippen LogP) is 9.79. The topological polar surface area (TPSA) is 0 Å². The van der Waals surface area contributed by atoms with Crippen LogP contribution in [0.5, 0.6) is 0 Å². The van der Waals surface area contributed by atoms with Gasteiger partial charge in [-0.25, -0.2) is 13.2 Å². The molecule has 36 heavy (non-hydrogen) atoms. The molecule has 1 fully saturated rings. The first kappa shape index (κ1) is 26.8. The Morgan fingerprint density at radius 2 is 1.33 bits per heavy atom. The predicted molar refractivity (Wildman–Crippen MR) is 143 cm³/mol. The lowest BCUT2D eigenvalue weighted by atomic mass is 9.76. The molecule has 0 nitrogen and oxygen atoms in total. The van der Waals surface area contributed by atoms with Crippen molar-refractivity contribution in [2.75, 3.05) is 0 Å². The molecule has 0 bridgehead atoms. The zero-order valence-electron chi connectivity index (χ0n) is 21.1. The van der Waals surface area contributed by atoms with Crippen molar-refractivity contribution in [1.29, 1.82) is 0 Å². The highest BCUT2D eigenvalue weighted by atomic mass is 35.5. The molecule has 192 valence electrons. The molecule has 0 atom stereocenters. The first-order valence-electron chi connectivity index (χ1n) is 13.4. The number of hydrogen-bond donors (Lipinski definition) is 0. The van der Waals surface area contributed by atoms with E-state index in [4.69, 9.17) is 11.6 Å². The second-order valence-electron chi connectivity index (χ2n) is 10.4. The third-order valence-electron chi connectivity index (χ3n) is 7.81. The molecule has 0 aromatic heterocycles. The van der Waals surface area contributed by atoms with Gasteiger partial charge in [-0.1, -0.05) is 55.3 Å². The van der Waals surface area contributed by atoms with E-state index in [-0.39, 0.29) is 17.0 Å². The van der Waals surface area contributed by atoms with Gasteiger partial charge in [0, 0.05) is 5.56 Å². The SMILES string of the molecule is CCCCc1ccc([C@H]2CC[C@H](CCc3cc(F)c(CCc4ccc(Cl)c(F)c4)c(F)c3)CC2)cc1. The van der Waals surface area contributed by atoms with E-state index < -0.39 is 17.5 Å². The average molecular weight is 513 g/mol. The molecule has 0 spiro atoms. The van der Waals surface area contributed by atoms with Crippen molar-refractivity contribution >= 4 is 11.6 Å². The zero-order valence-corrected chi connectivity index (χ0v) is 21.9. The van der Waals surface area contributed by atoms with Gasteiger partial charge in [-0.3, -0.25) is 0 Å². The lowest BCUT2D eigenvalue weighted by Gasteiger charge is -2.29. The van der Waals surface area contributed by atoms with Crippen LogP contribution < -0.4 is 0 Å². The van der Waals surface area contributed by atoms with E-state index in [0.717, 1.165) is 18.4 Å². The van der Waals surface area contributed by atoms with E-state index in [1.165, 1.54) is 73.9 Å². The Hall–Kier alpha value is -2.26. The van der Waals surface area contributed by atoms with Gasteiger partial charge in [0.2, 0.25) is 0 Å². The van der Waals surface area contributed by atoms with Crippen LogP contribution in [0.4, 0.5) is 13.2 Å². The lowest BCUT2D eigenvalue weighted by Crippen LogP contribution is -2.14. The fourth-order valence-electron chi connectivity index (χ4n) is 5.50. The minimum Gasteiger partial charge on any atom is -0.207 e. The first-order valence-corrected chi connectivity index (χ1v) is 13.8. The number of unbranched alkanes of at least 4 members (excludes halogenated alkanes) is 1. The maximum absolute atomic E-state index is 14.7. The lowest BCUT2D eigenvalue weighted by molar-refractivity contribution is 0.310. The molecule has 0 amide bonds. The van der Waals surface area contributed by atoms with Gasteiger partial charge in [-0.2, -0.15) is 0 Å². The van der Waals surface area contributed by atoms with Gasteiger partial charge in [0.25, 0.3) is 0 Å². The van der Waals surface area contributed by atoms with Crippen molar-refractivity contribution in [3.63, 3.8) is 0 Å². The van der Waals surface area contributed by atoms with Crippen molar-refractivity contribution in [2.45, 2.75) is 83.5 Å². The van der Waals surface area contributed by atoms with Crippen molar-refractivity contribution in [3.05, 3.63) is 105 Å². The highest BCUT2D eigenvalue weighted by Gasteiger charge is 2.22. The van der Waals surface area contributed by atoms with Crippen LogP contribution in [0.25, 0.3) is 0 Å². The van der Waals surface area contributed by atoms with Crippen LogP contribution in [0.15, 0.2) is 54.6 Å². The highest BCUT2D eigenvalue weighted by molar-refractivity contribution is 6.30. The minimum atomic E-state index is -0.514. The number of benzene rings is 3. The number of aryl methyl sites for hydroxylation is 3. The van der Waals surface area contributed by atoms with E-state index in [9.17, 15) is 13.2 Å². The summed E-state index contributed by atoms with van der Waals surface area (Å²) in [5.74, 6) is -0.295. The monoisotopic (exact) mass is 512 g/mol. The maximum Gasteiger partial charge on any atom is 0.142 e.